The molecule has 0 heteroatoms. The molecule has 0 atom stereocenters. The van der Waals surface area contributed by atoms with Crippen molar-refractivity contribution in [3.8, 4) is 0 Å². The van der Waals surface area contributed by atoms with E-state index < -0.39 is 0 Å². The second-order valence-electron chi connectivity index (χ2n) is 15.7. The summed E-state index contributed by atoms with van der Waals surface area (Å²) in [5.41, 5.74) is 4.93. The molecule has 8 aliphatic rings. The molecule has 8 aliphatic carbocycles. The Balaban J connectivity index is 0.000000119. The van der Waals surface area contributed by atoms with Gasteiger partial charge in [-0.05, 0) is 121 Å². The van der Waals surface area contributed by atoms with Crippen molar-refractivity contribution in [1.29, 1.82) is 0 Å². The van der Waals surface area contributed by atoms with Crippen molar-refractivity contribution < 1.29 is 0 Å². The van der Waals surface area contributed by atoms with Crippen LogP contribution in [0.1, 0.15) is 126 Å². The lowest BCUT2D eigenvalue weighted by Crippen LogP contribution is -2.57. The van der Waals surface area contributed by atoms with Crippen LogP contribution in [0.2, 0.25) is 0 Å². The Morgan fingerprint density at radius 3 is 0.704 bits per heavy atom. The summed E-state index contributed by atoms with van der Waals surface area (Å²) in [5, 5.41) is 0. The molecule has 0 radical (unpaired) electrons. The van der Waals surface area contributed by atoms with Crippen LogP contribution >= 0.6 is 0 Å². The van der Waals surface area contributed by atoms with Crippen LogP contribution < -0.4 is 0 Å². The Morgan fingerprint density at radius 1 is 0.333 bits per heavy atom. The van der Waals surface area contributed by atoms with E-state index >= 15 is 0 Å². The molecule has 154 valence electrons. The number of rotatable bonds is 0. The molecule has 0 aliphatic heterocycles. The molecule has 0 amide bonds. The quantitative estimate of drug-likeness (QED) is 0.401. The summed E-state index contributed by atoms with van der Waals surface area (Å²) in [6, 6.07) is 0. The van der Waals surface area contributed by atoms with Gasteiger partial charge in [0.15, 0.2) is 0 Å². The molecule has 8 fully saturated rings. The second-order valence-corrected chi connectivity index (χ2v) is 15.7. The highest BCUT2D eigenvalue weighted by Crippen LogP contribution is 2.73. The maximum Gasteiger partial charge on any atom is -0.0310 e. The van der Waals surface area contributed by atoms with Gasteiger partial charge in [-0.25, -0.2) is 0 Å². The highest BCUT2D eigenvalue weighted by Gasteiger charge is 2.62. The number of hydrogen-bond acceptors (Lipinski definition) is 0. The zero-order chi connectivity index (χ0) is 19.6. The standard InChI is InChI=1S/C14H24.C13H22/c1-11-5-12(2)8-13(3,6-11)10-14(4,7-11)9-12;1-11-4-10-5-12(2,7-11)9-13(3,6-10)8-11/h5-10H2,1-4H3;10H,4-9H2,1-3H3. The highest BCUT2D eigenvalue weighted by molar-refractivity contribution is 5.13. The highest BCUT2D eigenvalue weighted by atomic mass is 14.7. The predicted octanol–water partition coefficient (Wildman–Crippen LogP) is 8.40. The average Bonchev–Trinajstić information content (AvgIpc) is 2.23. The van der Waals surface area contributed by atoms with Crippen molar-refractivity contribution in [1.82, 2.24) is 0 Å². The lowest BCUT2D eigenvalue weighted by molar-refractivity contribution is -0.176. The molecule has 0 saturated heterocycles. The van der Waals surface area contributed by atoms with Crippen LogP contribution in [0.25, 0.3) is 0 Å². The van der Waals surface area contributed by atoms with Crippen LogP contribution in [0.5, 0.6) is 0 Å². The first-order chi connectivity index (χ1) is 12.1. The molecule has 0 aromatic heterocycles. The van der Waals surface area contributed by atoms with Crippen molar-refractivity contribution in [2.45, 2.75) is 126 Å². The van der Waals surface area contributed by atoms with E-state index in [0.717, 1.165) is 22.2 Å². The van der Waals surface area contributed by atoms with E-state index in [4.69, 9.17) is 0 Å². The summed E-state index contributed by atoms with van der Waals surface area (Å²) in [6.45, 7) is 17.9. The van der Waals surface area contributed by atoms with Gasteiger partial charge in [-0.15, -0.1) is 0 Å². The fourth-order valence-electron chi connectivity index (χ4n) is 13.0. The van der Waals surface area contributed by atoms with Gasteiger partial charge in [-0.3, -0.25) is 0 Å². The summed E-state index contributed by atoms with van der Waals surface area (Å²) in [7, 11) is 0. The van der Waals surface area contributed by atoms with Gasteiger partial charge in [0.25, 0.3) is 0 Å². The molecule has 0 unspecified atom stereocenters. The molecule has 0 N–H and O–H groups in total. The molecule has 8 rings (SSSR count). The largest absolute Gasteiger partial charge is 0.0596 e. The normalized spacial score (nSPS) is 65.2. The van der Waals surface area contributed by atoms with Crippen molar-refractivity contribution in [2.75, 3.05) is 0 Å². The lowest BCUT2D eigenvalue weighted by atomic mass is 9.37. The minimum atomic E-state index is 0.688. The zero-order valence-electron chi connectivity index (χ0n) is 19.6. The summed E-state index contributed by atoms with van der Waals surface area (Å²) < 4.78 is 0. The Morgan fingerprint density at radius 2 is 0.519 bits per heavy atom. The smallest absolute Gasteiger partial charge is 0.0310 e. The maximum absolute atomic E-state index is 2.55. The Labute approximate surface area is 169 Å². The van der Waals surface area contributed by atoms with Crippen LogP contribution in [-0.2, 0) is 0 Å². The minimum absolute atomic E-state index is 0.688. The van der Waals surface area contributed by atoms with Gasteiger partial charge in [0.05, 0.1) is 0 Å². The van der Waals surface area contributed by atoms with Crippen LogP contribution in [0.4, 0.5) is 0 Å². The van der Waals surface area contributed by atoms with Gasteiger partial charge in [-0.1, -0.05) is 48.5 Å². The first-order valence-corrected chi connectivity index (χ1v) is 12.1. The van der Waals surface area contributed by atoms with Crippen LogP contribution in [0.15, 0.2) is 0 Å². The van der Waals surface area contributed by atoms with E-state index in [1.165, 1.54) is 77.0 Å². The topological polar surface area (TPSA) is 0 Å². The molecular weight excluding hydrogens is 324 g/mol. The third kappa shape index (κ3) is 3.15. The van der Waals surface area contributed by atoms with Gasteiger partial charge >= 0.3 is 0 Å². The van der Waals surface area contributed by atoms with E-state index in [9.17, 15) is 0 Å². The molecule has 8 bridgehead atoms. The van der Waals surface area contributed by atoms with Gasteiger partial charge in [0.1, 0.15) is 0 Å². The van der Waals surface area contributed by atoms with Crippen molar-refractivity contribution in [2.24, 2.45) is 43.8 Å². The molecule has 0 aromatic carbocycles. The van der Waals surface area contributed by atoms with E-state index in [-0.39, 0.29) is 0 Å². The third-order valence-corrected chi connectivity index (χ3v) is 10.0. The first-order valence-electron chi connectivity index (χ1n) is 12.1. The maximum atomic E-state index is 2.55. The minimum Gasteiger partial charge on any atom is -0.0596 e. The third-order valence-electron chi connectivity index (χ3n) is 10.0. The molecule has 0 aromatic rings. The average molecular weight is 371 g/mol. The predicted molar refractivity (Wildman–Crippen MR) is 116 cm³/mol. The van der Waals surface area contributed by atoms with E-state index in [2.05, 4.69) is 48.5 Å². The van der Waals surface area contributed by atoms with Crippen LogP contribution in [0, 0.1) is 43.8 Å². The lowest BCUT2D eigenvalue weighted by Gasteiger charge is -2.68. The molecule has 0 nitrogen and oxygen atoms in total. The summed E-state index contributed by atoms with van der Waals surface area (Å²) in [6.07, 6.45) is 18.2. The van der Waals surface area contributed by atoms with Gasteiger partial charge in [0, 0.05) is 0 Å². The first kappa shape index (κ1) is 19.0. The molecule has 0 heterocycles. The summed E-state index contributed by atoms with van der Waals surface area (Å²) in [4.78, 5) is 0. The van der Waals surface area contributed by atoms with Crippen molar-refractivity contribution in [3.63, 3.8) is 0 Å². The SMILES string of the molecule is CC12CC3(C)CC(C)(C1)CC(C)(C2)C3.CC12CC3CC(C)(C1)CC(C)(C3)C2. The fourth-order valence-corrected chi connectivity index (χ4v) is 13.0. The van der Waals surface area contributed by atoms with Gasteiger partial charge in [0.2, 0.25) is 0 Å². The van der Waals surface area contributed by atoms with E-state index in [1.807, 2.05) is 0 Å². The fraction of sp³-hybridized carbons (Fsp3) is 1.00. The molecule has 8 saturated carbocycles. The Hall–Kier alpha value is 0. The van der Waals surface area contributed by atoms with E-state index in [1.54, 1.807) is 0 Å². The summed E-state index contributed by atoms with van der Waals surface area (Å²) >= 11 is 0. The number of hydrogen-bond donors (Lipinski definition) is 0. The van der Waals surface area contributed by atoms with Gasteiger partial charge in [-0.2, -0.15) is 0 Å². The molecular formula is C27H46. The van der Waals surface area contributed by atoms with Crippen molar-refractivity contribution >= 4 is 0 Å². The second kappa shape index (κ2) is 5.00. The van der Waals surface area contributed by atoms with Crippen molar-refractivity contribution in [3.05, 3.63) is 0 Å². The van der Waals surface area contributed by atoms with E-state index in [0.29, 0.717) is 21.7 Å². The molecule has 0 spiro atoms. The summed E-state index contributed by atoms with van der Waals surface area (Å²) in [5.74, 6) is 1.08. The Kier molecular flexibility index (Phi) is 3.52. The molecule has 27 heavy (non-hydrogen) atoms. The zero-order valence-corrected chi connectivity index (χ0v) is 19.6. The Bertz CT molecular complexity index is 509. The monoisotopic (exact) mass is 370 g/mol. The van der Waals surface area contributed by atoms with Crippen LogP contribution in [0.3, 0.4) is 0 Å². The van der Waals surface area contributed by atoms with Crippen LogP contribution in [-0.4, -0.2) is 0 Å². The van der Waals surface area contributed by atoms with Gasteiger partial charge < -0.3 is 0 Å².